The first-order valence-electron chi connectivity index (χ1n) is 10.7. The zero-order valence-electron chi connectivity index (χ0n) is 18.5. The molecular formula is C22H28F3N5OSi. The lowest BCUT2D eigenvalue weighted by Gasteiger charge is -2.24. The molecule has 0 spiro atoms. The van der Waals surface area contributed by atoms with Crippen LogP contribution in [0, 0.1) is 11.6 Å². The SMILES string of the molecule is C[Si](C)(C)CCOCn1nc(N2C[C@@H](F)C[C@@H]2c2cc(F)ccc2F)cc1-c1cn[nH]c1. The van der Waals surface area contributed by atoms with Gasteiger partial charge in [0.15, 0.2) is 5.82 Å². The lowest BCUT2D eigenvalue weighted by molar-refractivity contribution is 0.0799. The van der Waals surface area contributed by atoms with Gasteiger partial charge in [0.05, 0.1) is 24.5 Å². The molecule has 1 fully saturated rings. The number of H-pyrrole nitrogens is 1. The largest absolute Gasteiger partial charge is 0.360 e. The zero-order valence-corrected chi connectivity index (χ0v) is 19.5. The summed E-state index contributed by atoms with van der Waals surface area (Å²) in [5.74, 6) is -0.618. The number of nitrogens with zero attached hydrogens (tertiary/aromatic N) is 4. The maximum absolute atomic E-state index is 14.5. The topological polar surface area (TPSA) is 59.0 Å². The maximum atomic E-state index is 14.5. The summed E-state index contributed by atoms with van der Waals surface area (Å²) in [6, 6.07) is 5.48. The number of hydrogen-bond acceptors (Lipinski definition) is 4. The predicted octanol–water partition coefficient (Wildman–Crippen LogP) is 5.15. The van der Waals surface area contributed by atoms with Crippen molar-refractivity contribution < 1.29 is 17.9 Å². The third-order valence-electron chi connectivity index (χ3n) is 5.63. The van der Waals surface area contributed by atoms with Gasteiger partial charge in [0.25, 0.3) is 0 Å². The molecule has 2 atom stereocenters. The zero-order chi connectivity index (χ0) is 22.9. The molecule has 1 aromatic carbocycles. The number of benzene rings is 1. The van der Waals surface area contributed by atoms with E-state index in [4.69, 9.17) is 4.74 Å². The Hall–Kier alpha value is -2.59. The van der Waals surface area contributed by atoms with Gasteiger partial charge in [-0.3, -0.25) is 5.10 Å². The first-order valence-corrected chi connectivity index (χ1v) is 14.4. The first-order chi connectivity index (χ1) is 15.2. The van der Waals surface area contributed by atoms with Crippen LogP contribution >= 0.6 is 0 Å². The molecule has 1 aliphatic rings. The van der Waals surface area contributed by atoms with Gasteiger partial charge in [0, 0.05) is 44.5 Å². The van der Waals surface area contributed by atoms with E-state index in [1.165, 1.54) is 0 Å². The Balaban J connectivity index is 1.62. The van der Waals surface area contributed by atoms with Crippen LogP contribution in [0.15, 0.2) is 36.7 Å². The molecule has 0 aliphatic carbocycles. The molecule has 1 saturated heterocycles. The van der Waals surface area contributed by atoms with Gasteiger partial charge in [0.2, 0.25) is 0 Å². The van der Waals surface area contributed by atoms with Crippen LogP contribution in [-0.2, 0) is 11.5 Å². The summed E-state index contributed by atoms with van der Waals surface area (Å²) < 4.78 is 50.3. The number of nitrogens with one attached hydrogen (secondary N) is 1. The lowest BCUT2D eigenvalue weighted by atomic mass is 10.0. The van der Waals surface area contributed by atoms with Crippen molar-refractivity contribution in [1.29, 1.82) is 0 Å². The molecule has 0 unspecified atom stereocenters. The third kappa shape index (κ3) is 5.07. The Labute approximate surface area is 186 Å². The van der Waals surface area contributed by atoms with E-state index in [1.807, 2.05) is 6.07 Å². The molecule has 172 valence electrons. The van der Waals surface area contributed by atoms with Crippen molar-refractivity contribution in [3.8, 4) is 11.3 Å². The molecule has 1 aliphatic heterocycles. The molecule has 0 saturated carbocycles. The van der Waals surface area contributed by atoms with Crippen molar-refractivity contribution in [1.82, 2.24) is 20.0 Å². The van der Waals surface area contributed by atoms with Gasteiger partial charge in [-0.25, -0.2) is 17.9 Å². The summed E-state index contributed by atoms with van der Waals surface area (Å²) in [5, 5.41) is 11.4. The molecule has 0 radical (unpaired) electrons. The summed E-state index contributed by atoms with van der Waals surface area (Å²) in [7, 11) is -1.23. The monoisotopic (exact) mass is 463 g/mol. The van der Waals surface area contributed by atoms with Crippen molar-refractivity contribution in [2.24, 2.45) is 0 Å². The summed E-state index contributed by atoms with van der Waals surface area (Å²) in [6.07, 6.45) is 2.31. The van der Waals surface area contributed by atoms with E-state index < -0.39 is 31.9 Å². The second kappa shape index (κ2) is 9.11. The molecule has 1 N–H and O–H groups in total. The highest BCUT2D eigenvalue weighted by molar-refractivity contribution is 6.76. The average Bonchev–Trinajstić information content (AvgIpc) is 3.45. The Morgan fingerprint density at radius 1 is 1.22 bits per heavy atom. The summed E-state index contributed by atoms with van der Waals surface area (Å²) >= 11 is 0. The second-order valence-corrected chi connectivity index (χ2v) is 15.0. The fraction of sp³-hybridized carbons (Fsp3) is 0.455. The van der Waals surface area contributed by atoms with Crippen molar-refractivity contribution in [2.45, 2.75) is 51.1 Å². The minimum Gasteiger partial charge on any atom is -0.360 e. The van der Waals surface area contributed by atoms with Crippen LogP contribution in [0.5, 0.6) is 0 Å². The highest BCUT2D eigenvalue weighted by Crippen LogP contribution is 2.39. The van der Waals surface area contributed by atoms with Gasteiger partial charge < -0.3 is 9.64 Å². The van der Waals surface area contributed by atoms with E-state index in [2.05, 4.69) is 34.9 Å². The van der Waals surface area contributed by atoms with E-state index in [0.717, 1.165) is 35.5 Å². The normalized spacial score (nSPS) is 19.1. The Morgan fingerprint density at radius 3 is 2.75 bits per heavy atom. The minimum atomic E-state index is -1.23. The highest BCUT2D eigenvalue weighted by Gasteiger charge is 2.36. The van der Waals surface area contributed by atoms with Crippen LogP contribution in [0.2, 0.25) is 25.7 Å². The number of aromatic nitrogens is 4. The van der Waals surface area contributed by atoms with E-state index in [1.54, 1.807) is 22.0 Å². The highest BCUT2D eigenvalue weighted by atomic mass is 28.3. The van der Waals surface area contributed by atoms with E-state index in [-0.39, 0.29) is 25.3 Å². The van der Waals surface area contributed by atoms with Crippen LogP contribution in [0.25, 0.3) is 11.3 Å². The fourth-order valence-electron chi connectivity index (χ4n) is 3.90. The molecule has 0 amide bonds. The second-order valence-electron chi connectivity index (χ2n) is 9.39. The molecule has 10 heteroatoms. The summed E-state index contributed by atoms with van der Waals surface area (Å²) in [4.78, 5) is 1.70. The Morgan fingerprint density at radius 2 is 2.03 bits per heavy atom. The van der Waals surface area contributed by atoms with E-state index >= 15 is 0 Å². The number of ether oxygens (including phenoxy) is 1. The Bertz CT molecular complexity index is 1050. The van der Waals surface area contributed by atoms with Crippen molar-refractivity contribution in [3.05, 3.63) is 53.9 Å². The lowest BCUT2D eigenvalue weighted by Crippen LogP contribution is -2.25. The molecular weight excluding hydrogens is 435 g/mol. The number of rotatable bonds is 8. The number of aromatic amines is 1. The van der Waals surface area contributed by atoms with Crippen LogP contribution in [-0.4, -0.2) is 47.4 Å². The summed E-state index contributed by atoms with van der Waals surface area (Å²) in [5.41, 5.74) is 1.69. The predicted molar refractivity (Wildman–Crippen MR) is 120 cm³/mol. The van der Waals surface area contributed by atoms with Crippen LogP contribution in [0.3, 0.4) is 0 Å². The average molecular weight is 464 g/mol. The molecule has 4 rings (SSSR count). The van der Waals surface area contributed by atoms with Gasteiger partial charge in [0.1, 0.15) is 24.5 Å². The van der Waals surface area contributed by atoms with Crippen molar-refractivity contribution >= 4 is 13.9 Å². The quantitative estimate of drug-likeness (QED) is 0.371. The number of anilines is 1. The Kier molecular flexibility index (Phi) is 6.43. The minimum absolute atomic E-state index is 0.0545. The van der Waals surface area contributed by atoms with Crippen molar-refractivity contribution in [3.63, 3.8) is 0 Å². The van der Waals surface area contributed by atoms with Crippen LogP contribution < -0.4 is 4.90 Å². The molecule has 32 heavy (non-hydrogen) atoms. The molecule has 3 aromatic rings. The third-order valence-corrected chi connectivity index (χ3v) is 7.34. The number of halogens is 3. The number of alkyl halides is 1. The molecule has 6 nitrogen and oxygen atoms in total. The van der Waals surface area contributed by atoms with E-state index in [0.29, 0.717) is 12.4 Å². The van der Waals surface area contributed by atoms with Gasteiger partial charge in [-0.1, -0.05) is 19.6 Å². The van der Waals surface area contributed by atoms with Gasteiger partial charge >= 0.3 is 0 Å². The molecule has 0 bridgehead atoms. The summed E-state index contributed by atoms with van der Waals surface area (Å²) in [6.45, 7) is 7.77. The van der Waals surface area contributed by atoms with Gasteiger partial charge in [-0.2, -0.15) is 10.2 Å². The number of hydrogen-bond donors (Lipinski definition) is 1. The van der Waals surface area contributed by atoms with Crippen LogP contribution in [0.1, 0.15) is 18.0 Å². The molecule has 2 aromatic heterocycles. The maximum Gasteiger partial charge on any atom is 0.151 e. The first kappa shape index (κ1) is 22.6. The van der Waals surface area contributed by atoms with E-state index in [9.17, 15) is 13.2 Å². The fourth-order valence-corrected chi connectivity index (χ4v) is 4.65. The molecule has 3 heterocycles. The van der Waals surface area contributed by atoms with Crippen LogP contribution in [0.4, 0.5) is 19.0 Å². The van der Waals surface area contributed by atoms with Crippen molar-refractivity contribution in [2.75, 3.05) is 18.1 Å². The van der Waals surface area contributed by atoms with Gasteiger partial charge in [-0.05, 0) is 24.2 Å². The van der Waals surface area contributed by atoms with Gasteiger partial charge in [-0.15, -0.1) is 0 Å². The smallest absolute Gasteiger partial charge is 0.151 e. The standard InChI is InChI=1S/C22H28F3N5OSi/c1-32(2,3)7-6-31-14-30-20(15-11-26-27-12-15)10-22(28-30)29-13-17(24)9-21(29)18-8-16(23)4-5-19(18)25/h4-5,8,10-12,17,21H,6-7,9,13-14H2,1-3H3,(H,26,27)/t17-,21+/m0/s1.